The van der Waals surface area contributed by atoms with Crippen molar-refractivity contribution in [2.75, 3.05) is 6.61 Å². The number of ether oxygens (including phenoxy) is 2. The second kappa shape index (κ2) is 13.0. The molecule has 0 bridgehead atoms. The van der Waals surface area contributed by atoms with E-state index in [9.17, 15) is 4.79 Å². The fourth-order valence-corrected chi connectivity index (χ4v) is 5.68. The Labute approximate surface area is 239 Å². The molecule has 2 aliphatic heterocycles. The number of nitrogens with one attached hydrogen (secondary N) is 1. The normalized spacial score (nSPS) is 15.8. The Balaban J connectivity index is 1.31. The lowest BCUT2D eigenvalue weighted by Crippen LogP contribution is -2.35. The Bertz CT molecular complexity index is 1510. The second-order valence-corrected chi connectivity index (χ2v) is 10.8. The summed E-state index contributed by atoms with van der Waals surface area (Å²) < 4.78 is 12.1. The standard InChI is InChI=1S/C32H34N4O3S/c1-3-5-6-7-8-16-29-35-36-30(33)26(31(37)34-32(36)40-29)19-22-17-18-27(28(20-22)38-4-2)39-21-24-14-11-13-23-12-9-10-15-25(23)24/h9-15,17-20,33H,3-8,16,21H2,1-2H3/b26-19-,33-30?. The average Bonchev–Trinajstić information content (AvgIpc) is 3.37. The molecule has 1 N–H and O–H groups in total. The molecule has 0 fully saturated rings. The predicted octanol–water partition coefficient (Wildman–Crippen LogP) is 7.80. The highest BCUT2D eigenvalue weighted by atomic mass is 32.2. The van der Waals surface area contributed by atoms with Gasteiger partial charge in [-0.3, -0.25) is 10.2 Å². The number of amidine groups is 2. The van der Waals surface area contributed by atoms with Gasteiger partial charge in [0, 0.05) is 0 Å². The van der Waals surface area contributed by atoms with Gasteiger partial charge in [0.15, 0.2) is 17.3 Å². The van der Waals surface area contributed by atoms with E-state index in [0.717, 1.165) is 40.8 Å². The average molecular weight is 555 g/mol. The van der Waals surface area contributed by atoms with Gasteiger partial charge in [-0.2, -0.15) is 15.1 Å². The molecule has 0 aromatic heterocycles. The largest absolute Gasteiger partial charge is 0.490 e. The van der Waals surface area contributed by atoms with E-state index in [4.69, 9.17) is 14.9 Å². The topological polar surface area (TPSA) is 87.3 Å². The molecule has 7 nitrogen and oxygen atoms in total. The summed E-state index contributed by atoms with van der Waals surface area (Å²) >= 11 is 1.39. The number of rotatable bonds is 12. The van der Waals surface area contributed by atoms with Crippen LogP contribution in [0.4, 0.5) is 0 Å². The Morgan fingerprint density at radius 2 is 1.77 bits per heavy atom. The number of hydrogen-bond donors (Lipinski definition) is 1. The van der Waals surface area contributed by atoms with E-state index in [0.29, 0.717) is 29.9 Å². The lowest BCUT2D eigenvalue weighted by Gasteiger charge is -2.20. The third-order valence-electron chi connectivity index (χ3n) is 6.83. The van der Waals surface area contributed by atoms with Crippen molar-refractivity contribution in [3.8, 4) is 11.5 Å². The molecule has 0 unspecified atom stereocenters. The van der Waals surface area contributed by atoms with Crippen LogP contribution in [-0.4, -0.2) is 33.6 Å². The molecular weight excluding hydrogens is 520 g/mol. The monoisotopic (exact) mass is 554 g/mol. The van der Waals surface area contributed by atoms with Crippen molar-refractivity contribution in [1.82, 2.24) is 5.01 Å². The molecular formula is C32H34N4O3S. The molecule has 0 atom stereocenters. The zero-order valence-electron chi connectivity index (χ0n) is 23.0. The van der Waals surface area contributed by atoms with Crippen LogP contribution in [-0.2, 0) is 11.4 Å². The first-order valence-corrected chi connectivity index (χ1v) is 14.7. The number of carbonyl (C=O) groups excluding carboxylic acids is 1. The van der Waals surface area contributed by atoms with Crippen LogP contribution in [0.3, 0.4) is 0 Å². The molecule has 3 aromatic carbocycles. The lowest BCUT2D eigenvalue weighted by molar-refractivity contribution is -0.114. The number of amides is 1. The van der Waals surface area contributed by atoms with Crippen molar-refractivity contribution in [2.24, 2.45) is 10.1 Å². The summed E-state index contributed by atoms with van der Waals surface area (Å²) in [5.41, 5.74) is 2.01. The minimum atomic E-state index is -0.433. The van der Waals surface area contributed by atoms with Crippen molar-refractivity contribution >= 4 is 50.6 Å². The van der Waals surface area contributed by atoms with Gasteiger partial charge >= 0.3 is 0 Å². The van der Waals surface area contributed by atoms with Gasteiger partial charge in [-0.15, -0.1) is 0 Å². The van der Waals surface area contributed by atoms with E-state index in [1.165, 1.54) is 41.4 Å². The first-order chi connectivity index (χ1) is 19.6. The zero-order chi connectivity index (χ0) is 27.9. The summed E-state index contributed by atoms with van der Waals surface area (Å²) in [6, 6.07) is 20.0. The van der Waals surface area contributed by atoms with Crippen molar-refractivity contribution in [3.63, 3.8) is 0 Å². The number of hydrogen-bond acceptors (Lipinski definition) is 6. The van der Waals surface area contributed by atoms with E-state index in [1.807, 2.05) is 43.3 Å². The molecule has 0 aliphatic carbocycles. The van der Waals surface area contributed by atoms with Crippen molar-refractivity contribution in [3.05, 3.63) is 77.4 Å². The van der Waals surface area contributed by atoms with Crippen LogP contribution in [0.5, 0.6) is 11.5 Å². The van der Waals surface area contributed by atoms with E-state index in [2.05, 4.69) is 41.3 Å². The third kappa shape index (κ3) is 6.28. The second-order valence-electron chi connectivity index (χ2n) is 9.74. The number of unbranched alkanes of at least 4 members (excludes halogenated alkanes) is 4. The van der Waals surface area contributed by atoms with Crippen LogP contribution in [0, 0.1) is 5.41 Å². The fraction of sp³-hybridized carbons (Fsp3) is 0.312. The van der Waals surface area contributed by atoms with Crippen molar-refractivity contribution in [1.29, 1.82) is 5.41 Å². The quantitative estimate of drug-likeness (QED) is 0.182. The Morgan fingerprint density at radius 1 is 0.950 bits per heavy atom. The molecule has 3 aromatic rings. The number of aliphatic imine (C=N–C) groups is 1. The van der Waals surface area contributed by atoms with Gasteiger partial charge in [-0.25, -0.2) is 0 Å². The molecule has 0 spiro atoms. The number of carbonyl (C=O) groups is 1. The molecule has 8 heteroatoms. The van der Waals surface area contributed by atoms with Crippen LogP contribution in [0.15, 0.2) is 76.3 Å². The van der Waals surface area contributed by atoms with Gasteiger partial charge in [0.2, 0.25) is 5.17 Å². The first kappa shape index (κ1) is 27.6. The summed E-state index contributed by atoms with van der Waals surface area (Å²) in [5, 5.41) is 18.4. The summed E-state index contributed by atoms with van der Waals surface area (Å²) in [5.74, 6) is 0.803. The minimum Gasteiger partial charge on any atom is -0.490 e. The van der Waals surface area contributed by atoms with E-state index < -0.39 is 5.91 Å². The number of fused-ring (bicyclic) bond motifs is 2. The fourth-order valence-electron chi connectivity index (χ4n) is 4.76. The molecule has 0 saturated heterocycles. The first-order valence-electron chi connectivity index (χ1n) is 13.9. The van der Waals surface area contributed by atoms with Crippen LogP contribution >= 0.6 is 11.8 Å². The zero-order valence-corrected chi connectivity index (χ0v) is 23.8. The summed E-state index contributed by atoms with van der Waals surface area (Å²) in [6.45, 7) is 4.98. The van der Waals surface area contributed by atoms with E-state index >= 15 is 0 Å². The highest BCUT2D eigenvalue weighted by Gasteiger charge is 2.35. The van der Waals surface area contributed by atoms with Gasteiger partial charge in [0.25, 0.3) is 5.91 Å². The smallest absolute Gasteiger partial charge is 0.283 e. The SMILES string of the molecule is CCCCCCCC1=NN2C(=N)/C(=C/c3ccc(OCc4cccc5ccccc45)c(OCC)c3)C(=O)N=C2S1. The van der Waals surface area contributed by atoms with Crippen LogP contribution in [0.25, 0.3) is 16.8 Å². The van der Waals surface area contributed by atoms with Gasteiger partial charge in [-0.1, -0.05) is 81.1 Å². The Hall–Kier alpha value is -3.91. The summed E-state index contributed by atoms with van der Waals surface area (Å²) in [6.07, 6.45) is 8.39. The Kier molecular flexibility index (Phi) is 8.96. The van der Waals surface area contributed by atoms with E-state index in [-0.39, 0.29) is 11.4 Å². The molecule has 0 saturated carbocycles. The summed E-state index contributed by atoms with van der Waals surface area (Å²) in [7, 11) is 0. The molecule has 206 valence electrons. The van der Waals surface area contributed by atoms with Crippen molar-refractivity contribution in [2.45, 2.75) is 59.0 Å². The van der Waals surface area contributed by atoms with E-state index in [1.54, 1.807) is 6.08 Å². The number of hydrazone groups is 1. The van der Waals surface area contributed by atoms with Gasteiger partial charge in [-0.05, 0) is 71.6 Å². The maximum Gasteiger partial charge on any atom is 0.283 e. The van der Waals surface area contributed by atoms with Crippen molar-refractivity contribution < 1.29 is 14.3 Å². The molecule has 2 aliphatic rings. The maximum atomic E-state index is 12.9. The number of nitrogens with zero attached hydrogens (tertiary/aromatic N) is 3. The van der Waals surface area contributed by atoms with Crippen LogP contribution in [0.2, 0.25) is 0 Å². The van der Waals surface area contributed by atoms with Gasteiger partial charge in [0.1, 0.15) is 11.7 Å². The number of benzene rings is 3. The van der Waals surface area contributed by atoms with Gasteiger partial charge < -0.3 is 9.47 Å². The van der Waals surface area contributed by atoms with Gasteiger partial charge in [0.05, 0.1) is 12.2 Å². The molecule has 1 amide bonds. The molecule has 0 radical (unpaired) electrons. The minimum absolute atomic E-state index is 0.0396. The maximum absolute atomic E-state index is 12.9. The highest BCUT2D eigenvalue weighted by molar-refractivity contribution is 8.26. The molecule has 5 rings (SSSR count). The highest BCUT2D eigenvalue weighted by Crippen LogP contribution is 2.33. The number of thioether (sulfide) groups is 1. The predicted molar refractivity (Wildman–Crippen MR) is 164 cm³/mol. The third-order valence-corrected chi connectivity index (χ3v) is 7.80. The van der Waals surface area contributed by atoms with Crippen LogP contribution in [0.1, 0.15) is 63.5 Å². The lowest BCUT2D eigenvalue weighted by atomic mass is 10.1. The molecule has 40 heavy (non-hydrogen) atoms. The van der Waals surface area contributed by atoms with Crippen LogP contribution < -0.4 is 9.47 Å². The summed E-state index contributed by atoms with van der Waals surface area (Å²) in [4.78, 5) is 17.1. The molecule has 2 heterocycles. The Morgan fingerprint density at radius 3 is 2.62 bits per heavy atom.